The fourth-order valence-electron chi connectivity index (χ4n) is 5.75. The molecular formula is C32H33ClFN5O3. The first-order chi connectivity index (χ1) is 19.9. The standard InChI is InChI=1S/C32H33ClFN5O3/c1-7-26(41)38-16-19(5)37(15-20(38)6)24-14-27(42)39(31-18(4)11-12-35-29(31)17(2)3)32-21(24)13-22(33)30(36-32)28-23(34)9-8-10-25(28)40/h7-14,17,19-20,40H,1,15-16H2,2-6H3/t19-,20+/m0/s1. The van der Waals surface area contributed by atoms with Crippen LogP contribution in [0.3, 0.4) is 0 Å². The minimum Gasteiger partial charge on any atom is -0.507 e. The number of hydrogen-bond acceptors (Lipinski definition) is 6. The summed E-state index contributed by atoms with van der Waals surface area (Å²) in [5.41, 5.74) is 2.48. The second kappa shape index (κ2) is 11.2. The lowest BCUT2D eigenvalue weighted by atomic mass is 10.0. The van der Waals surface area contributed by atoms with Crippen LogP contribution in [-0.2, 0) is 4.79 Å². The van der Waals surface area contributed by atoms with Crippen LogP contribution in [0, 0.1) is 12.7 Å². The van der Waals surface area contributed by atoms with E-state index in [4.69, 9.17) is 16.6 Å². The first kappa shape index (κ1) is 29.3. The molecule has 1 fully saturated rings. The number of halogens is 2. The van der Waals surface area contributed by atoms with Gasteiger partial charge in [0.05, 0.1) is 33.3 Å². The van der Waals surface area contributed by atoms with Gasteiger partial charge < -0.3 is 14.9 Å². The third-order valence-electron chi connectivity index (χ3n) is 7.83. The average molecular weight is 590 g/mol. The van der Waals surface area contributed by atoms with Gasteiger partial charge in [-0.25, -0.2) is 9.37 Å². The molecule has 0 spiro atoms. The molecule has 42 heavy (non-hydrogen) atoms. The van der Waals surface area contributed by atoms with Crippen molar-refractivity contribution in [3.05, 3.63) is 87.7 Å². The molecule has 1 aromatic carbocycles. The van der Waals surface area contributed by atoms with Crippen LogP contribution in [0.2, 0.25) is 5.02 Å². The van der Waals surface area contributed by atoms with Crippen LogP contribution in [0.15, 0.2) is 60.0 Å². The molecule has 3 aromatic heterocycles. The summed E-state index contributed by atoms with van der Waals surface area (Å²) in [6.45, 7) is 14.3. The number of pyridine rings is 3. The smallest absolute Gasteiger partial charge is 0.258 e. The van der Waals surface area contributed by atoms with Crippen LogP contribution < -0.4 is 10.5 Å². The fourth-order valence-corrected chi connectivity index (χ4v) is 6.00. The predicted molar refractivity (Wildman–Crippen MR) is 164 cm³/mol. The topological polar surface area (TPSA) is 91.6 Å². The normalized spacial score (nSPS) is 17.2. The number of nitrogens with zero attached hydrogens (tertiary/aromatic N) is 5. The Bertz CT molecular complexity index is 1770. The van der Waals surface area contributed by atoms with Gasteiger partial charge in [-0.05, 0) is 62.6 Å². The third-order valence-corrected chi connectivity index (χ3v) is 8.12. The first-order valence-corrected chi connectivity index (χ1v) is 14.2. The third kappa shape index (κ3) is 4.91. The number of benzene rings is 1. The van der Waals surface area contributed by atoms with E-state index >= 15 is 4.39 Å². The van der Waals surface area contributed by atoms with Crippen LogP contribution in [0.1, 0.15) is 44.9 Å². The quantitative estimate of drug-likeness (QED) is 0.288. The molecule has 8 nitrogen and oxygen atoms in total. The van der Waals surface area contributed by atoms with E-state index in [2.05, 4.69) is 16.5 Å². The Balaban J connectivity index is 1.85. The number of aryl methyl sites for hydroxylation is 1. The van der Waals surface area contributed by atoms with Crippen LogP contribution in [0.5, 0.6) is 5.75 Å². The molecular weight excluding hydrogens is 557 g/mol. The molecule has 0 radical (unpaired) electrons. The molecule has 1 N–H and O–H groups in total. The van der Waals surface area contributed by atoms with Crippen LogP contribution in [0.4, 0.5) is 10.1 Å². The molecule has 1 aliphatic rings. The maximum absolute atomic E-state index is 15.1. The monoisotopic (exact) mass is 589 g/mol. The van der Waals surface area contributed by atoms with Crippen molar-refractivity contribution >= 4 is 34.2 Å². The summed E-state index contributed by atoms with van der Waals surface area (Å²) in [4.78, 5) is 39.8. The zero-order chi connectivity index (χ0) is 30.5. The summed E-state index contributed by atoms with van der Waals surface area (Å²) in [5, 5.41) is 11.3. The van der Waals surface area contributed by atoms with E-state index in [1.54, 1.807) is 23.2 Å². The molecule has 4 heterocycles. The molecule has 218 valence electrons. The second-order valence-electron chi connectivity index (χ2n) is 11.1. The SMILES string of the molecule is C=CC(=O)N1C[C@H](C)N(c2cc(=O)n(-c3c(C)ccnc3C(C)C)c3nc(-c4c(O)cccc4F)c(Cl)cc23)C[C@H]1C. The summed E-state index contributed by atoms with van der Waals surface area (Å²) in [7, 11) is 0. The number of aromatic nitrogens is 3. The molecule has 0 bridgehead atoms. The van der Waals surface area contributed by atoms with Crippen molar-refractivity contribution < 1.29 is 14.3 Å². The van der Waals surface area contributed by atoms with E-state index in [-0.39, 0.29) is 57.1 Å². The van der Waals surface area contributed by atoms with E-state index < -0.39 is 5.82 Å². The molecule has 2 atom stereocenters. The van der Waals surface area contributed by atoms with Gasteiger partial charge in [0.2, 0.25) is 5.91 Å². The van der Waals surface area contributed by atoms with Gasteiger partial charge >= 0.3 is 0 Å². The van der Waals surface area contributed by atoms with Crippen LogP contribution in [0.25, 0.3) is 28.0 Å². The zero-order valence-corrected chi connectivity index (χ0v) is 25.0. The molecule has 0 saturated carbocycles. The molecule has 1 amide bonds. The van der Waals surface area contributed by atoms with Crippen molar-refractivity contribution in [3.8, 4) is 22.7 Å². The Morgan fingerprint density at radius 2 is 1.93 bits per heavy atom. The highest BCUT2D eigenvalue weighted by Gasteiger charge is 2.33. The highest BCUT2D eigenvalue weighted by molar-refractivity contribution is 6.34. The number of phenols is 1. The Kier molecular flexibility index (Phi) is 7.81. The van der Waals surface area contributed by atoms with Crippen molar-refractivity contribution in [3.63, 3.8) is 0 Å². The predicted octanol–water partition coefficient (Wildman–Crippen LogP) is 5.99. The van der Waals surface area contributed by atoms with Crippen LogP contribution >= 0.6 is 11.6 Å². The summed E-state index contributed by atoms with van der Waals surface area (Å²) in [5.74, 6) is -1.18. The second-order valence-corrected chi connectivity index (χ2v) is 11.5. The van der Waals surface area contributed by atoms with Gasteiger partial charge in [-0.15, -0.1) is 0 Å². The highest BCUT2D eigenvalue weighted by atomic mass is 35.5. The summed E-state index contributed by atoms with van der Waals surface area (Å²) in [6, 6.07) is 8.71. The summed E-state index contributed by atoms with van der Waals surface area (Å²) < 4.78 is 16.6. The Labute approximate surface area is 248 Å². The highest BCUT2D eigenvalue weighted by Crippen LogP contribution is 2.40. The molecule has 10 heteroatoms. The number of carbonyl (C=O) groups excluding carboxylic acids is 1. The molecule has 1 saturated heterocycles. The lowest BCUT2D eigenvalue weighted by molar-refractivity contribution is -0.128. The van der Waals surface area contributed by atoms with Crippen molar-refractivity contribution in [1.82, 2.24) is 19.4 Å². The van der Waals surface area contributed by atoms with E-state index in [1.165, 1.54) is 28.8 Å². The van der Waals surface area contributed by atoms with Gasteiger partial charge in [0.1, 0.15) is 17.2 Å². The number of phenolic OH excluding ortho intramolecular Hbond substituents is 1. The Morgan fingerprint density at radius 1 is 1.19 bits per heavy atom. The van der Waals surface area contributed by atoms with Gasteiger partial charge in [-0.1, -0.05) is 38.1 Å². The number of carbonyl (C=O) groups is 1. The van der Waals surface area contributed by atoms with Crippen molar-refractivity contribution in [1.29, 1.82) is 0 Å². The minimum atomic E-state index is -0.695. The Morgan fingerprint density at radius 3 is 2.60 bits per heavy atom. The summed E-state index contributed by atoms with van der Waals surface area (Å²) >= 11 is 6.77. The number of fused-ring (bicyclic) bond motifs is 1. The van der Waals surface area contributed by atoms with Crippen molar-refractivity contribution in [2.24, 2.45) is 0 Å². The number of hydrogen-bond donors (Lipinski definition) is 1. The van der Waals surface area contributed by atoms with Crippen LogP contribution in [-0.4, -0.2) is 55.6 Å². The van der Waals surface area contributed by atoms with Gasteiger partial charge in [-0.2, -0.15) is 0 Å². The van der Waals surface area contributed by atoms with E-state index in [9.17, 15) is 14.7 Å². The number of amides is 1. The van der Waals surface area contributed by atoms with E-state index in [1.807, 2.05) is 40.7 Å². The maximum Gasteiger partial charge on any atom is 0.258 e. The molecule has 0 unspecified atom stereocenters. The number of rotatable bonds is 5. The minimum absolute atomic E-state index is 0.0137. The summed E-state index contributed by atoms with van der Waals surface area (Å²) in [6.07, 6.45) is 3.01. The number of piperazine rings is 1. The van der Waals surface area contributed by atoms with Gasteiger partial charge in [0.25, 0.3) is 5.56 Å². The van der Waals surface area contributed by atoms with Gasteiger partial charge in [-0.3, -0.25) is 19.1 Å². The van der Waals surface area contributed by atoms with Gasteiger partial charge in [0, 0.05) is 42.8 Å². The molecule has 0 aliphatic carbocycles. The van der Waals surface area contributed by atoms with Crippen molar-refractivity contribution in [2.45, 2.75) is 52.6 Å². The van der Waals surface area contributed by atoms with Gasteiger partial charge in [0.15, 0.2) is 0 Å². The van der Waals surface area contributed by atoms with Crippen molar-refractivity contribution in [2.75, 3.05) is 18.0 Å². The molecule has 4 aromatic rings. The Hall–Kier alpha value is -4.24. The van der Waals surface area contributed by atoms with E-state index in [0.29, 0.717) is 35.5 Å². The lowest BCUT2D eigenvalue weighted by Crippen LogP contribution is -2.58. The lowest BCUT2D eigenvalue weighted by Gasteiger charge is -2.45. The molecule has 5 rings (SSSR count). The fraction of sp³-hybridized carbons (Fsp3) is 0.312. The largest absolute Gasteiger partial charge is 0.507 e. The number of anilines is 1. The van der Waals surface area contributed by atoms with E-state index in [0.717, 1.165) is 5.56 Å². The first-order valence-electron chi connectivity index (χ1n) is 13.8. The molecule has 1 aliphatic heterocycles. The average Bonchev–Trinajstić information content (AvgIpc) is 2.94. The zero-order valence-electron chi connectivity index (χ0n) is 24.2. The number of aromatic hydroxyl groups is 1. The maximum atomic E-state index is 15.1.